The minimum Gasteiger partial charge on any atom is -0.383 e. The topological polar surface area (TPSA) is 34.1 Å². The second-order valence-electron chi connectivity index (χ2n) is 4.49. The quantitative estimate of drug-likeness (QED) is 0.656. The van der Waals surface area contributed by atoms with Crippen molar-refractivity contribution >= 4 is 11.3 Å². The lowest BCUT2D eigenvalue weighted by molar-refractivity contribution is 0.197. The van der Waals surface area contributed by atoms with Crippen molar-refractivity contribution in [2.75, 3.05) is 20.3 Å². The zero-order chi connectivity index (χ0) is 15.4. The smallest absolute Gasteiger partial charge is 0.161 e. The second-order valence-corrected chi connectivity index (χ2v) is 5.38. The first-order chi connectivity index (χ1) is 10.0. The van der Waals surface area contributed by atoms with Crippen molar-refractivity contribution in [1.82, 2.24) is 10.3 Å². The van der Waals surface area contributed by atoms with E-state index in [9.17, 15) is 13.2 Å². The van der Waals surface area contributed by atoms with Crippen LogP contribution in [0.5, 0.6) is 0 Å². The minimum absolute atomic E-state index is 0.0272. The number of hydrogen-bond donors (Lipinski definition) is 1. The highest BCUT2D eigenvalue weighted by atomic mass is 32.1. The first-order valence-electron chi connectivity index (χ1n) is 6.31. The van der Waals surface area contributed by atoms with E-state index in [2.05, 4.69) is 10.3 Å². The summed E-state index contributed by atoms with van der Waals surface area (Å²) in [6, 6.07) is 0.774. The molecule has 21 heavy (non-hydrogen) atoms. The molecule has 0 saturated carbocycles. The number of halogens is 3. The van der Waals surface area contributed by atoms with Gasteiger partial charge in [-0.3, -0.25) is 0 Å². The van der Waals surface area contributed by atoms with Crippen LogP contribution in [-0.2, 0) is 4.74 Å². The van der Waals surface area contributed by atoms with Gasteiger partial charge in [0.25, 0.3) is 0 Å². The van der Waals surface area contributed by atoms with Crippen LogP contribution in [0.25, 0.3) is 0 Å². The average molecular weight is 316 g/mol. The molecule has 1 atom stereocenters. The highest BCUT2D eigenvalue weighted by molar-refractivity contribution is 7.09. The molecule has 1 N–H and O–H groups in total. The SMILES string of the molecule is COCCNC(c1nc(C)cs1)c1cc(F)c(F)cc1F. The van der Waals surface area contributed by atoms with E-state index in [1.165, 1.54) is 11.3 Å². The normalized spacial score (nSPS) is 12.6. The minimum atomic E-state index is -1.21. The van der Waals surface area contributed by atoms with Crippen LogP contribution in [0, 0.1) is 24.4 Å². The van der Waals surface area contributed by atoms with E-state index in [0.717, 1.165) is 11.8 Å². The zero-order valence-corrected chi connectivity index (χ0v) is 12.4. The van der Waals surface area contributed by atoms with Crippen LogP contribution in [0.4, 0.5) is 13.2 Å². The van der Waals surface area contributed by atoms with E-state index in [1.54, 1.807) is 7.11 Å². The number of aromatic nitrogens is 1. The molecule has 2 rings (SSSR count). The number of rotatable bonds is 6. The van der Waals surface area contributed by atoms with Gasteiger partial charge in [0.2, 0.25) is 0 Å². The van der Waals surface area contributed by atoms with Crippen molar-refractivity contribution in [2.24, 2.45) is 0 Å². The molecule has 0 spiro atoms. The molecule has 0 radical (unpaired) electrons. The molecule has 7 heteroatoms. The Morgan fingerprint density at radius 3 is 2.57 bits per heavy atom. The Morgan fingerprint density at radius 2 is 1.95 bits per heavy atom. The van der Waals surface area contributed by atoms with E-state index in [4.69, 9.17) is 4.74 Å². The maximum Gasteiger partial charge on any atom is 0.161 e. The van der Waals surface area contributed by atoms with Crippen LogP contribution in [0.1, 0.15) is 22.3 Å². The van der Waals surface area contributed by atoms with Gasteiger partial charge in [-0.2, -0.15) is 0 Å². The first-order valence-corrected chi connectivity index (χ1v) is 7.19. The molecular weight excluding hydrogens is 301 g/mol. The predicted octanol–water partition coefficient (Wildman–Crippen LogP) is 3.19. The van der Waals surface area contributed by atoms with Crippen molar-refractivity contribution in [3.8, 4) is 0 Å². The fourth-order valence-corrected chi connectivity index (χ4v) is 2.79. The Kier molecular flexibility index (Phi) is 5.33. The molecule has 1 heterocycles. The molecular formula is C14H15F3N2OS. The number of benzene rings is 1. The number of nitrogens with zero attached hydrogens (tertiary/aromatic N) is 1. The van der Waals surface area contributed by atoms with E-state index < -0.39 is 23.5 Å². The number of thiazole rings is 1. The van der Waals surface area contributed by atoms with Crippen LogP contribution in [0.15, 0.2) is 17.5 Å². The molecule has 0 amide bonds. The van der Waals surface area contributed by atoms with Gasteiger partial charge >= 0.3 is 0 Å². The molecule has 1 unspecified atom stereocenters. The lowest BCUT2D eigenvalue weighted by atomic mass is 10.1. The van der Waals surface area contributed by atoms with Crippen molar-refractivity contribution in [2.45, 2.75) is 13.0 Å². The van der Waals surface area contributed by atoms with Gasteiger partial charge in [-0.1, -0.05) is 0 Å². The summed E-state index contributed by atoms with van der Waals surface area (Å²) in [6.45, 7) is 2.65. The number of hydrogen-bond acceptors (Lipinski definition) is 4. The summed E-state index contributed by atoms with van der Waals surface area (Å²) in [5.41, 5.74) is 0.816. The summed E-state index contributed by atoms with van der Waals surface area (Å²) < 4.78 is 45.4. The van der Waals surface area contributed by atoms with Crippen molar-refractivity contribution in [3.63, 3.8) is 0 Å². The Balaban J connectivity index is 2.37. The first kappa shape index (κ1) is 15.9. The standard InChI is InChI=1S/C14H15F3N2OS/c1-8-7-21-14(19-8)13(18-3-4-20-2)9-5-11(16)12(17)6-10(9)15/h5-7,13,18H,3-4H2,1-2H3. The predicted molar refractivity (Wildman–Crippen MR) is 74.9 cm³/mol. The van der Waals surface area contributed by atoms with Crippen LogP contribution in [-0.4, -0.2) is 25.2 Å². The van der Waals surface area contributed by atoms with Gasteiger partial charge in [0.15, 0.2) is 11.6 Å². The van der Waals surface area contributed by atoms with Crippen molar-refractivity contribution < 1.29 is 17.9 Å². The van der Waals surface area contributed by atoms with Gasteiger partial charge in [-0.05, 0) is 13.0 Å². The van der Waals surface area contributed by atoms with E-state index in [0.29, 0.717) is 24.2 Å². The summed E-state index contributed by atoms with van der Waals surface area (Å²) in [7, 11) is 1.54. The second kappa shape index (κ2) is 7.02. The molecule has 0 fully saturated rings. The Bertz CT molecular complexity index is 618. The lowest BCUT2D eigenvalue weighted by Crippen LogP contribution is -2.27. The van der Waals surface area contributed by atoms with Crippen LogP contribution >= 0.6 is 11.3 Å². The summed E-state index contributed by atoms with van der Waals surface area (Å²) in [4.78, 5) is 4.29. The number of nitrogens with one attached hydrogen (secondary N) is 1. The molecule has 0 aliphatic rings. The molecule has 0 aliphatic carbocycles. The average Bonchev–Trinajstić information content (AvgIpc) is 2.86. The Morgan fingerprint density at radius 1 is 1.24 bits per heavy atom. The molecule has 2 aromatic rings. The zero-order valence-electron chi connectivity index (χ0n) is 11.6. The third-order valence-corrected chi connectivity index (χ3v) is 3.92. The van der Waals surface area contributed by atoms with Gasteiger partial charge in [-0.25, -0.2) is 18.2 Å². The Labute approximate surface area is 124 Å². The molecule has 0 saturated heterocycles. The third kappa shape index (κ3) is 3.81. The van der Waals surface area contributed by atoms with Crippen molar-refractivity contribution in [3.05, 3.63) is 51.2 Å². The summed E-state index contributed by atoms with van der Waals surface area (Å²) in [6.07, 6.45) is 0. The summed E-state index contributed by atoms with van der Waals surface area (Å²) in [5, 5.41) is 5.46. The fourth-order valence-electron chi connectivity index (χ4n) is 1.90. The molecule has 1 aromatic heterocycles. The highest BCUT2D eigenvalue weighted by Gasteiger charge is 2.22. The van der Waals surface area contributed by atoms with Crippen molar-refractivity contribution in [1.29, 1.82) is 0 Å². The number of aryl methyl sites for hydroxylation is 1. The van der Waals surface area contributed by atoms with Gasteiger partial charge in [0.1, 0.15) is 10.8 Å². The highest BCUT2D eigenvalue weighted by Crippen LogP contribution is 2.28. The van der Waals surface area contributed by atoms with E-state index in [1.807, 2.05) is 12.3 Å². The molecule has 0 aliphatic heterocycles. The van der Waals surface area contributed by atoms with Gasteiger partial charge in [0, 0.05) is 36.4 Å². The lowest BCUT2D eigenvalue weighted by Gasteiger charge is -2.18. The third-order valence-electron chi connectivity index (χ3n) is 2.89. The number of methoxy groups -OCH3 is 1. The van der Waals surface area contributed by atoms with Gasteiger partial charge in [0.05, 0.1) is 12.6 Å². The number of ether oxygens (including phenoxy) is 1. The Hall–Kier alpha value is -1.44. The summed E-state index contributed by atoms with van der Waals surface area (Å²) >= 11 is 1.33. The molecule has 1 aromatic carbocycles. The van der Waals surface area contributed by atoms with Gasteiger partial charge < -0.3 is 10.1 Å². The molecule has 3 nitrogen and oxygen atoms in total. The van der Waals surface area contributed by atoms with Crippen LogP contribution in [0.3, 0.4) is 0 Å². The summed E-state index contributed by atoms with van der Waals surface area (Å²) in [5.74, 6) is -3.10. The largest absolute Gasteiger partial charge is 0.383 e. The fraction of sp³-hybridized carbons (Fsp3) is 0.357. The van der Waals surface area contributed by atoms with Crippen LogP contribution in [0.2, 0.25) is 0 Å². The van der Waals surface area contributed by atoms with Gasteiger partial charge in [-0.15, -0.1) is 11.3 Å². The maximum atomic E-state index is 14.0. The maximum absolute atomic E-state index is 14.0. The van der Waals surface area contributed by atoms with Crippen LogP contribution < -0.4 is 5.32 Å². The van der Waals surface area contributed by atoms with E-state index >= 15 is 0 Å². The molecule has 0 bridgehead atoms. The molecule has 114 valence electrons. The monoisotopic (exact) mass is 316 g/mol. The van der Waals surface area contributed by atoms with E-state index in [-0.39, 0.29) is 5.56 Å².